The molecule has 2 N–H and O–H groups in total. The molecule has 0 aliphatic heterocycles. The van der Waals surface area contributed by atoms with Gasteiger partial charge in [0, 0.05) is 6.61 Å². The molecule has 1 saturated carbocycles. The predicted molar refractivity (Wildman–Crippen MR) is 74.0 cm³/mol. The van der Waals surface area contributed by atoms with Crippen LogP contribution in [0, 0.1) is 5.41 Å². The van der Waals surface area contributed by atoms with Crippen LogP contribution in [0.4, 0.5) is 0 Å². The first-order valence-electron chi connectivity index (χ1n) is 6.86. The highest BCUT2D eigenvalue weighted by atomic mass is 16.5. The normalized spacial score (nSPS) is 24.1. The highest BCUT2D eigenvalue weighted by Gasteiger charge is 2.42. The summed E-state index contributed by atoms with van der Waals surface area (Å²) >= 11 is 0. The van der Waals surface area contributed by atoms with Gasteiger partial charge in [-0.2, -0.15) is 0 Å². The van der Waals surface area contributed by atoms with Gasteiger partial charge in [-0.3, -0.25) is 0 Å². The minimum Gasteiger partial charge on any atom is -0.373 e. The van der Waals surface area contributed by atoms with Crippen molar-refractivity contribution in [2.75, 3.05) is 6.61 Å². The molecule has 2 heteroatoms. The molecule has 1 unspecified atom stereocenters. The zero-order valence-electron chi connectivity index (χ0n) is 12.2. The second-order valence-electron chi connectivity index (χ2n) is 6.43. The molecule has 0 amide bonds. The minimum absolute atomic E-state index is 0.0311. The molecule has 0 heterocycles. The Balaban J connectivity index is 2.81. The van der Waals surface area contributed by atoms with Crippen LogP contribution in [0.25, 0.3) is 0 Å². The third-order valence-corrected chi connectivity index (χ3v) is 4.00. The quantitative estimate of drug-likeness (QED) is 0.760. The molecule has 0 aromatic carbocycles. The van der Waals surface area contributed by atoms with E-state index >= 15 is 0 Å². The average Bonchev–Trinajstić information content (AvgIpc) is 2.21. The van der Waals surface area contributed by atoms with Crippen molar-refractivity contribution in [2.24, 2.45) is 11.1 Å². The molecule has 1 rings (SSSR count). The van der Waals surface area contributed by atoms with E-state index in [1.165, 1.54) is 18.4 Å². The van der Waals surface area contributed by atoms with Crippen LogP contribution in [-0.2, 0) is 4.74 Å². The molecule has 1 aliphatic rings. The summed E-state index contributed by atoms with van der Waals surface area (Å²) in [4.78, 5) is 0. The number of allylic oxidation sites excluding steroid dienone is 1. The molecular formula is C15H29NO. The third-order valence-electron chi connectivity index (χ3n) is 4.00. The second kappa shape index (κ2) is 5.53. The van der Waals surface area contributed by atoms with Crippen LogP contribution in [0.3, 0.4) is 0 Å². The van der Waals surface area contributed by atoms with E-state index in [-0.39, 0.29) is 11.6 Å². The van der Waals surface area contributed by atoms with E-state index in [1.807, 2.05) is 0 Å². The van der Waals surface area contributed by atoms with Gasteiger partial charge in [-0.1, -0.05) is 25.5 Å². The van der Waals surface area contributed by atoms with Gasteiger partial charge < -0.3 is 10.5 Å². The average molecular weight is 239 g/mol. The standard InChI is InChI=1S/C15H29NO/c1-6-17-15(13(16)11-12(2)3)9-7-14(4,5)8-10-15/h11,13H,6-10,16H2,1-5H3. The van der Waals surface area contributed by atoms with Crippen LogP contribution in [-0.4, -0.2) is 18.2 Å². The van der Waals surface area contributed by atoms with Crippen molar-refractivity contribution in [1.29, 1.82) is 0 Å². The van der Waals surface area contributed by atoms with E-state index in [0.717, 1.165) is 19.4 Å². The molecule has 1 aliphatic carbocycles. The molecule has 0 radical (unpaired) electrons. The number of hydrogen-bond donors (Lipinski definition) is 1. The van der Waals surface area contributed by atoms with Gasteiger partial charge in [0.05, 0.1) is 11.6 Å². The summed E-state index contributed by atoms with van der Waals surface area (Å²) < 4.78 is 6.06. The zero-order chi connectivity index (χ0) is 13.1. The molecule has 17 heavy (non-hydrogen) atoms. The molecule has 100 valence electrons. The number of hydrogen-bond acceptors (Lipinski definition) is 2. The van der Waals surface area contributed by atoms with Crippen LogP contribution in [0.1, 0.15) is 60.3 Å². The highest BCUT2D eigenvalue weighted by Crippen LogP contribution is 2.43. The van der Waals surface area contributed by atoms with Gasteiger partial charge >= 0.3 is 0 Å². The van der Waals surface area contributed by atoms with Crippen molar-refractivity contribution in [3.8, 4) is 0 Å². The van der Waals surface area contributed by atoms with Gasteiger partial charge in [-0.25, -0.2) is 0 Å². The Bertz CT molecular complexity index is 267. The fraction of sp³-hybridized carbons (Fsp3) is 0.867. The van der Waals surface area contributed by atoms with E-state index in [0.29, 0.717) is 5.41 Å². The van der Waals surface area contributed by atoms with Gasteiger partial charge in [0.15, 0.2) is 0 Å². The number of ether oxygens (including phenoxy) is 1. The largest absolute Gasteiger partial charge is 0.373 e. The van der Waals surface area contributed by atoms with Crippen molar-refractivity contribution in [3.05, 3.63) is 11.6 Å². The first kappa shape index (κ1) is 14.7. The Kier molecular flexibility index (Phi) is 4.79. The summed E-state index contributed by atoms with van der Waals surface area (Å²) in [6.07, 6.45) is 6.74. The van der Waals surface area contributed by atoms with Gasteiger partial charge in [-0.15, -0.1) is 0 Å². The lowest BCUT2D eigenvalue weighted by Gasteiger charge is -2.45. The lowest BCUT2D eigenvalue weighted by Crippen LogP contribution is -2.52. The first-order valence-corrected chi connectivity index (χ1v) is 6.86. The maximum absolute atomic E-state index is 6.36. The van der Waals surface area contributed by atoms with Crippen molar-refractivity contribution < 1.29 is 4.74 Å². The highest BCUT2D eigenvalue weighted by molar-refractivity contribution is 5.10. The van der Waals surface area contributed by atoms with Crippen molar-refractivity contribution in [3.63, 3.8) is 0 Å². The lowest BCUT2D eigenvalue weighted by molar-refractivity contribution is -0.0904. The fourth-order valence-corrected chi connectivity index (χ4v) is 2.72. The Morgan fingerprint density at radius 2 is 1.76 bits per heavy atom. The maximum atomic E-state index is 6.36. The number of nitrogens with two attached hydrogens (primary N) is 1. The molecule has 2 nitrogen and oxygen atoms in total. The fourth-order valence-electron chi connectivity index (χ4n) is 2.72. The van der Waals surface area contributed by atoms with Crippen LogP contribution >= 0.6 is 0 Å². The van der Waals surface area contributed by atoms with Crippen LogP contribution in [0.15, 0.2) is 11.6 Å². The van der Waals surface area contributed by atoms with Gasteiger partial charge in [-0.05, 0) is 51.9 Å². The predicted octanol–water partition coefficient (Wildman–Crippen LogP) is 3.66. The van der Waals surface area contributed by atoms with Crippen LogP contribution in [0.2, 0.25) is 0 Å². The Hall–Kier alpha value is -0.340. The van der Waals surface area contributed by atoms with Crippen LogP contribution < -0.4 is 5.73 Å². The molecule has 0 spiro atoms. The van der Waals surface area contributed by atoms with Gasteiger partial charge in [0.2, 0.25) is 0 Å². The second-order valence-corrected chi connectivity index (χ2v) is 6.43. The van der Waals surface area contributed by atoms with Crippen molar-refractivity contribution in [1.82, 2.24) is 0 Å². The van der Waals surface area contributed by atoms with E-state index in [1.54, 1.807) is 0 Å². The smallest absolute Gasteiger partial charge is 0.0868 e. The Morgan fingerprint density at radius 1 is 1.24 bits per heavy atom. The van der Waals surface area contributed by atoms with E-state index < -0.39 is 0 Å². The SMILES string of the molecule is CCOC1(C(N)C=C(C)C)CCC(C)(C)CC1. The lowest BCUT2D eigenvalue weighted by atomic mass is 9.68. The molecule has 0 aromatic rings. The maximum Gasteiger partial charge on any atom is 0.0868 e. The minimum atomic E-state index is -0.123. The van der Waals surface area contributed by atoms with Crippen molar-refractivity contribution >= 4 is 0 Å². The van der Waals surface area contributed by atoms with E-state index in [2.05, 4.69) is 40.7 Å². The Morgan fingerprint density at radius 3 is 2.18 bits per heavy atom. The summed E-state index contributed by atoms with van der Waals surface area (Å²) in [6.45, 7) is 11.7. The van der Waals surface area contributed by atoms with Crippen LogP contribution in [0.5, 0.6) is 0 Å². The zero-order valence-corrected chi connectivity index (χ0v) is 12.2. The summed E-state index contributed by atoms with van der Waals surface area (Å²) in [5, 5.41) is 0. The molecule has 1 fully saturated rings. The third kappa shape index (κ3) is 3.82. The molecule has 0 aromatic heterocycles. The van der Waals surface area contributed by atoms with E-state index in [9.17, 15) is 0 Å². The molecule has 1 atom stereocenters. The Labute approximate surface area is 107 Å². The summed E-state index contributed by atoms with van der Waals surface area (Å²) in [6, 6.07) is 0.0311. The number of rotatable bonds is 4. The topological polar surface area (TPSA) is 35.2 Å². The van der Waals surface area contributed by atoms with Gasteiger partial charge in [0.1, 0.15) is 0 Å². The summed E-state index contributed by atoms with van der Waals surface area (Å²) in [7, 11) is 0. The summed E-state index contributed by atoms with van der Waals surface area (Å²) in [5.41, 5.74) is 7.96. The molecule has 0 saturated heterocycles. The summed E-state index contributed by atoms with van der Waals surface area (Å²) in [5.74, 6) is 0. The van der Waals surface area contributed by atoms with E-state index in [4.69, 9.17) is 10.5 Å². The van der Waals surface area contributed by atoms with Gasteiger partial charge in [0.25, 0.3) is 0 Å². The molecular weight excluding hydrogens is 210 g/mol. The first-order chi connectivity index (χ1) is 7.81. The van der Waals surface area contributed by atoms with Crippen molar-refractivity contribution in [2.45, 2.75) is 71.9 Å². The monoisotopic (exact) mass is 239 g/mol. The molecule has 0 bridgehead atoms.